The molecule has 2 aliphatic rings. The van der Waals surface area contributed by atoms with Gasteiger partial charge >= 0.3 is 5.69 Å². The molecule has 1 amide bonds. The quantitative estimate of drug-likeness (QED) is 0.449. The molecule has 0 bridgehead atoms. The van der Waals surface area contributed by atoms with Crippen LogP contribution in [-0.2, 0) is 11.3 Å². The highest BCUT2D eigenvalue weighted by atomic mass is 32.2. The number of nitrogens with zero attached hydrogens (tertiary/aromatic N) is 5. The maximum Gasteiger partial charge on any atom is 0.350 e. The highest BCUT2D eigenvalue weighted by molar-refractivity contribution is 7.99. The summed E-state index contributed by atoms with van der Waals surface area (Å²) in [5.74, 6) is -0.147. The summed E-state index contributed by atoms with van der Waals surface area (Å²) in [6.07, 6.45) is 1.33. The number of amides is 1. The lowest BCUT2D eigenvalue weighted by atomic mass is 9.97. The van der Waals surface area contributed by atoms with E-state index < -0.39 is 11.6 Å². The SMILES string of the molecule is C=CC(=O)N1[C@H](C)CN(c2nc(=O)n3c4c(c(-c5ccc(F)cc5F)c(C)cc24)SC[C@H](N(C)C)C3)C[C@@H]1C. The van der Waals surface area contributed by atoms with Crippen LogP contribution in [0.1, 0.15) is 19.4 Å². The molecule has 0 saturated carbocycles. The molecule has 0 spiro atoms. The number of likely N-dealkylation sites (N-methyl/N-ethyl adjacent to an activating group) is 1. The van der Waals surface area contributed by atoms with E-state index in [1.807, 2.05) is 45.8 Å². The Balaban J connectivity index is 1.75. The van der Waals surface area contributed by atoms with E-state index in [2.05, 4.69) is 21.4 Å². The predicted molar refractivity (Wildman–Crippen MR) is 152 cm³/mol. The van der Waals surface area contributed by atoms with Crippen molar-refractivity contribution in [3.63, 3.8) is 0 Å². The van der Waals surface area contributed by atoms with Crippen molar-refractivity contribution in [2.45, 2.75) is 50.3 Å². The van der Waals surface area contributed by atoms with E-state index in [1.165, 1.54) is 18.2 Å². The Bertz CT molecular complexity index is 1530. The molecule has 0 unspecified atom stereocenters. The molecule has 0 aliphatic carbocycles. The summed E-state index contributed by atoms with van der Waals surface area (Å²) in [6.45, 7) is 11.0. The maximum atomic E-state index is 15.1. The van der Waals surface area contributed by atoms with Crippen molar-refractivity contribution in [2.24, 2.45) is 0 Å². The molecule has 2 aromatic carbocycles. The second kappa shape index (κ2) is 10.4. The molecule has 0 N–H and O–H groups in total. The molecule has 5 rings (SSSR count). The largest absolute Gasteiger partial charge is 0.352 e. The van der Waals surface area contributed by atoms with Crippen LogP contribution >= 0.6 is 11.8 Å². The van der Waals surface area contributed by atoms with Gasteiger partial charge < -0.3 is 14.7 Å². The first kappa shape index (κ1) is 27.3. The standard InChI is InChI=1S/C29H33F2N5O2S/c1-7-24(37)36-17(3)12-34(13-18(36)4)28-22-10-16(2)25(21-9-8-19(30)11-23(21)31)27-26(22)35(29(38)32-28)14-20(15-39-27)33(5)6/h7-11,17-18,20H,1,12-15H2,2-6H3/t17-,18+,20-/m1/s1. The lowest BCUT2D eigenvalue weighted by Crippen LogP contribution is -2.58. The van der Waals surface area contributed by atoms with Crippen LogP contribution in [0.25, 0.3) is 22.0 Å². The Hall–Kier alpha value is -3.24. The van der Waals surface area contributed by atoms with Gasteiger partial charge in [0.1, 0.15) is 17.5 Å². The first-order valence-corrected chi connectivity index (χ1v) is 14.0. The Labute approximate surface area is 231 Å². The zero-order valence-electron chi connectivity index (χ0n) is 22.9. The van der Waals surface area contributed by atoms with Crippen LogP contribution in [0.4, 0.5) is 14.6 Å². The lowest BCUT2D eigenvalue weighted by molar-refractivity contribution is -0.130. The van der Waals surface area contributed by atoms with Gasteiger partial charge in [0.15, 0.2) is 0 Å². The van der Waals surface area contributed by atoms with Crippen molar-refractivity contribution in [2.75, 3.05) is 37.8 Å². The van der Waals surface area contributed by atoms with Crippen LogP contribution in [0, 0.1) is 18.6 Å². The third kappa shape index (κ3) is 4.74. The lowest BCUT2D eigenvalue weighted by Gasteiger charge is -2.44. The summed E-state index contributed by atoms with van der Waals surface area (Å²) in [7, 11) is 3.95. The van der Waals surface area contributed by atoms with Crippen molar-refractivity contribution >= 4 is 34.4 Å². The highest BCUT2D eigenvalue weighted by Gasteiger charge is 2.35. The molecular weight excluding hydrogens is 520 g/mol. The van der Waals surface area contributed by atoms with E-state index >= 15 is 4.39 Å². The molecule has 1 fully saturated rings. The minimum atomic E-state index is -0.642. The zero-order valence-corrected chi connectivity index (χ0v) is 23.7. The average Bonchev–Trinajstić information content (AvgIpc) is 3.07. The normalized spacial score (nSPS) is 21.4. The summed E-state index contributed by atoms with van der Waals surface area (Å²) in [6, 6.07) is 5.40. The van der Waals surface area contributed by atoms with Gasteiger partial charge in [-0.1, -0.05) is 6.58 Å². The van der Waals surface area contributed by atoms with E-state index in [9.17, 15) is 14.0 Å². The summed E-state index contributed by atoms with van der Waals surface area (Å²) >= 11 is 1.59. The molecule has 7 nitrogen and oxygen atoms in total. The first-order chi connectivity index (χ1) is 18.5. The van der Waals surface area contributed by atoms with Crippen LogP contribution in [0.3, 0.4) is 0 Å². The second-order valence-corrected chi connectivity index (χ2v) is 11.8. The number of aromatic nitrogens is 2. The number of aryl methyl sites for hydroxylation is 1. The third-order valence-electron chi connectivity index (χ3n) is 7.79. The van der Waals surface area contributed by atoms with E-state index in [0.29, 0.717) is 47.8 Å². The fourth-order valence-corrected chi connectivity index (χ4v) is 7.43. The van der Waals surface area contributed by atoms with E-state index in [-0.39, 0.29) is 29.7 Å². The van der Waals surface area contributed by atoms with Gasteiger partial charge in [-0.05, 0) is 64.7 Å². The van der Waals surface area contributed by atoms with Crippen LogP contribution in [0.5, 0.6) is 0 Å². The van der Waals surface area contributed by atoms with Crippen molar-refractivity contribution in [3.05, 3.63) is 64.6 Å². The number of carbonyl (C=O) groups is 1. The van der Waals surface area contributed by atoms with E-state index in [4.69, 9.17) is 0 Å². The minimum Gasteiger partial charge on any atom is -0.352 e. The van der Waals surface area contributed by atoms with Crippen LogP contribution in [0.2, 0.25) is 0 Å². The van der Waals surface area contributed by atoms with Crippen molar-refractivity contribution < 1.29 is 13.6 Å². The number of halogens is 2. The monoisotopic (exact) mass is 553 g/mol. The van der Waals surface area contributed by atoms with E-state index in [1.54, 1.807) is 16.3 Å². The minimum absolute atomic E-state index is 0.0516. The summed E-state index contributed by atoms with van der Waals surface area (Å²) in [5, 5.41) is 0.808. The van der Waals surface area contributed by atoms with Gasteiger partial charge in [0.05, 0.1) is 5.52 Å². The Morgan fingerprint density at radius 2 is 1.85 bits per heavy atom. The number of rotatable bonds is 4. The van der Waals surface area contributed by atoms with Gasteiger partial charge in [0.2, 0.25) is 5.91 Å². The van der Waals surface area contributed by atoms with Gasteiger partial charge in [-0.3, -0.25) is 9.36 Å². The van der Waals surface area contributed by atoms with Gasteiger partial charge in [0.25, 0.3) is 0 Å². The van der Waals surface area contributed by atoms with Gasteiger partial charge in [-0.2, -0.15) is 4.98 Å². The van der Waals surface area contributed by atoms with E-state index in [0.717, 1.165) is 21.9 Å². The molecule has 10 heteroatoms. The fraction of sp³-hybridized carbons (Fsp3) is 0.414. The third-order valence-corrected chi connectivity index (χ3v) is 9.03. The van der Waals surface area contributed by atoms with Crippen LogP contribution in [0.15, 0.2) is 46.6 Å². The summed E-state index contributed by atoms with van der Waals surface area (Å²) < 4.78 is 30.7. The Kier molecular flexibility index (Phi) is 7.28. The highest BCUT2D eigenvalue weighted by Crippen LogP contribution is 2.44. The molecule has 3 atom stereocenters. The van der Waals surface area contributed by atoms with Crippen LogP contribution in [-0.4, -0.2) is 76.3 Å². The Morgan fingerprint density at radius 1 is 1.15 bits per heavy atom. The first-order valence-electron chi connectivity index (χ1n) is 13.0. The molecule has 2 aliphatic heterocycles. The number of thioether (sulfide) groups is 1. The Morgan fingerprint density at radius 3 is 2.46 bits per heavy atom. The van der Waals surface area contributed by atoms with Gasteiger partial charge in [-0.25, -0.2) is 13.6 Å². The van der Waals surface area contributed by atoms with Gasteiger partial charge in [-0.15, -0.1) is 11.8 Å². The summed E-state index contributed by atoms with van der Waals surface area (Å²) in [5.41, 5.74) is 2.13. The maximum absolute atomic E-state index is 15.1. The topological polar surface area (TPSA) is 61.7 Å². The molecule has 3 heterocycles. The predicted octanol–water partition coefficient (Wildman–Crippen LogP) is 4.30. The number of anilines is 1. The molecule has 206 valence electrons. The average molecular weight is 554 g/mol. The number of carbonyl (C=O) groups excluding carboxylic acids is 1. The number of piperazine rings is 1. The van der Waals surface area contributed by atoms with Crippen molar-refractivity contribution in [1.29, 1.82) is 0 Å². The molecule has 0 radical (unpaired) electrons. The fourth-order valence-electron chi connectivity index (χ4n) is 5.89. The molecule has 39 heavy (non-hydrogen) atoms. The number of hydrogen-bond donors (Lipinski definition) is 0. The molecule has 1 saturated heterocycles. The smallest absolute Gasteiger partial charge is 0.350 e. The number of hydrogen-bond acceptors (Lipinski definition) is 6. The zero-order chi connectivity index (χ0) is 28.2. The van der Waals surface area contributed by atoms with Crippen molar-refractivity contribution in [1.82, 2.24) is 19.4 Å². The van der Waals surface area contributed by atoms with Crippen molar-refractivity contribution in [3.8, 4) is 11.1 Å². The van der Waals surface area contributed by atoms with Crippen LogP contribution < -0.4 is 10.6 Å². The summed E-state index contributed by atoms with van der Waals surface area (Å²) in [4.78, 5) is 37.5. The molecule has 3 aromatic rings. The van der Waals surface area contributed by atoms with Gasteiger partial charge in [0, 0.05) is 71.0 Å². The molecular formula is C29H33F2N5O2S. The number of benzene rings is 2. The molecule has 1 aromatic heterocycles. The second-order valence-electron chi connectivity index (χ2n) is 10.7.